The molecule has 0 heterocycles. The van der Waals surface area contributed by atoms with Gasteiger partial charge in [-0.1, -0.05) is 30.3 Å². The predicted octanol–water partition coefficient (Wildman–Crippen LogP) is 2.54. The third kappa shape index (κ3) is 4.80. The van der Waals surface area contributed by atoms with Crippen molar-refractivity contribution < 1.29 is 13.2 Å². The molecule has 0 saturated heterocycles. The zero-order chi connectivity index (χ0) is 17.7. The van der Waals surface area contributed by atoms with E-state index in [1.165, 1.54) is 12.7 Å². The lowest BCUT2D eigenvalue weighted by atomic mass is 10.1. The Hall–Kier alpha value is -1.89. The van der Waals surface area contributed by atoms with E-state index in [0.717, 1.165) is 17.7 Å². The summed E-state index contributed by atoms with van der Waals surface area (Å²) < 4.78 is 32.9. The van der Waals surface area contributed by atoms with Crippen LogP contribution in [0.4, 0.5) is 0 Å². The number of hydrogen-bond donors (Lipinski definition) is 1. The van der Waals surface area contributed by atoms with Gasteiger partial charge in [0.15, 0.2) is 0 Å². The number of hydrogen-bond acceptors (Lipinski definition) is 4. The molecular weight excluding hydrogens is 324 g/mol. The van der Waals surface area contributed by atoms with Crippen molar-refractivity contribution in [2.75, 3.05) is 21.2 Å². The highest BCUT2D eigenvalue weighted by Crippen LogP contribution is 2.24. The monoisotopic (exact) mass is 348 g/mol. The van der Waals surface area contributed by atoms with Crippen molar-refractivity contribution in [2.24, 2.45) is 0 Å². The summed E-state index contributed by atoms with van der Waals surface area (Å²) in [4.78, 5) is 2.25. The molecule has 0 aliphatic rings. The number of methoxy groups -OCH3 is 1. The third-order valence-corrected chi connectivity index (χ3v) is 5.02. The third-order valence-electron chi connectivity index (χ3n) is 3.60. The summed E-state index contributed by atoms with van der Waals surface area (Å²) in [6.07, 6.45) is 0. The number of sulfonamides is 1. The summed E-state index contributed by atoms with van der Waals surface area (Å²) in [6, 6.07) is 13.0. The normalized spacial score (nSPS) is 11.7. The Morgan fingerprint density at radius 2 is 1.67 bits per heavy atom. The molecule has 0 spiro atoms. The lowest BCUT2D eigenvalue weighted by Crippen LogP contribution is -2.24. The summed E-state index contributed by atoms with van der Waals surface area (Å²) in [7, 11) is 1.85. The molecule has 2 aromatic rings. The van der Waals surface area contributed by atoms with Crippen molar-refractivity contribution in [1.29, 1.82) is 0 Å². The van der Waals surface area contributed by atoms with E-state index in [1.807, 2.05) is 51.4 Å². The van der Waals surface area contributed by atoms with Crippen LogP contribution >= 0.6 is 0 Å². The molecule has 130 valence electrons. The van der Waals surface area contributed by atoms with E-state index in [-0.39, 0.29) is 11.4 Å². The van der Waals surface area contributed by atoms with E-state index in [2.05, 4.69) is 9.62 Å². The van der Waals surface area contributed by atoms with Gasteiger partial charge in [-0.2, -0.15) is 0 Å². The van der Waals surface area contributed by atoms with Gasteiger partial charge in [-0.25, -0.2) is 13.1 Å². The molecular formula is C18H24N2O3S. The SMILES string of the molecule is COc1ccc(C)cc1S(=O)(=O)NCc1ccc(CN(C)C)cc1. The molecule has 0 saturated carbocycles. The van der Waals surface area contributed by atoms with Crippen LogP contribution in [0.3, 0.4) is 0 Å². The van der Waals surface area contributed by atoms with E-state index < -0.39 is 10.0 Å². The van der Waals surface area contributed by atoms with Crippen molar-refractivity contribution in [3.63, 3.8) is 0 Å². The van der Waals surface area contributed by atoms with Crippen LogP contribution in [-0.2, 0) is 23.1 Å². The summed E-state index contributed by atoms with van der Waals surface area (Å²) in [5, 5.41) is 0. The maximum absolute atomic E-state index is 12.6. The maximum Gasteiger partial charge on any atom is 0.244 e. The van der Waals surface area contributed by atoms with Crippen molar-refractivity contribution in [3.8, 4) is 5.75 Å². The fraction of sp³-hybridized carbons (Fsp3) is 0.333. The first-order chi connectivity index (χ1) is 11.3. The number of ether oxygens (including phenoxy) is 1. The van der Waals surface area contributed by atoms with Crippen LogP contribution in [0.2, 0.25) is 0 Å². The summed E-state index contributed by atoms with van der Waals surface area (Å²) in [5.41, 5.74) is 2.96. The highest BCUT2D eigenvalue weighted by atomic mass is 32.2. The van der Waals surface area contributed by atoms with Gasteiger partial charge in [0.05, 0.1) is 7.11 Å². The number of nitrogens with one attached hydrogen (secondary N) is 1. The van der Waals surface area contributed by atoms with Gasteiger partial charge < -0.3 is 9.64 Å². The average molecular weight is 348 g/mol. The molecule has 0 radical (unpaired) electrons. The molecule has 1 N–H and O–H groups in total. The van der Waals surface area contributed by atoms with Crippen molar-refractivity contribution in [1.82, 2.24) is 9.62 Å². The van der Waals surface area contributed by atoms with Gasteiger partial charge in [0.25, 0.3) is 0 Å². The lowest BCUT2D eigenvalue weighted by Gasteiger charge is -2.12. The van der Waals surface area contributed by atoms with Crippen molar-refractivity contribution in [3.05, 3.63) is 59.2 Å². The second-order valence-corrected chi connectivity index (χ2v) is 7.77. The minimum atomic E-state index is -3.64. The average Bonchev–Trinajstić information content (AvgIpc) is 2.54. The zero-order valence-corrected chi connectivity index (χ0v) is 15.4. The number of aryl methyl sites for hydroxylation is 1. The Kier molecular flexibility index (Phi) is 5.99. The molecule has 5 nitrogen and oxygen atoms in total. The lowest BCUT2D eigenvalue weighted by molar-refractivity contribution is 0.402. The summed E-state index contributed by atoms with van der Waals surface area (Å²) in [6.45, 7) is 2.94. The van der Waals surface area contributed by atoms with Crippen LogP contribution in [0.15, 0.2) is 47.4 Å². The largest absolute Gasteiger partial charge is 0.495 e. The first kappa shape index (κ1) is 18.4. The Bertz CT molecular complexity index is 784. The standard InChI is InChI=1S/C18H24N2O3S/c1-14-5-10-17(23-4)18(11-14)24(21,22)19-12-15-6-8-16(9-7-15)13-20(2)3/h5-11,19H,12-13H2,1-4H3. The van der Waals surface area contributed by atoms with Gasteiger partial charge in [0, 0.05) is 13.1 Å². The molecule has 0 fully saturated rings. The molecule has 0 atom stereocenters. The number of rotatable bonds is 7. The molecule has 0 aliphatic heterocycles. The number of nitrogens with zero attached hydrogens (tertiary/aromatic N) is 1. The Morgan fingerprint density at radius 1 is 1.04 bits per heavy atom. The smallest absolute Gasteiger partial charge is 0.244 e. The van der Waals surface area contributed by atoms with Crippen molar-refractivity contribution >= 4 is 10.0 Å². The molecule has 0 aliphatic carbocycles. The van der Waals surface area contributed by atoms with Crippen molar-refractivity contribution in [2.45, 2.75) is 24.9 Å². The fourth-order valence-corrected chi connectivity index (χ4v) is 3.65. The fourth-order valence-electron chi connectivity index (χ4n) is 2.38. The Morgan fingerprint density at radius 3 is 2.25 bits per heavy atom. The van der Waals surface area contributed by atoms with Gasteiger partial charge in [0.1, 0.15) is 10.6 Å². The Balaban J connectivity index is 2.12. The highest BCUT2D eigenvalue weighted by molar-refractivity contribution is 7.89. The molecule has 24 heavy (non-hydrogen) atoms. The second kappa shape index (κ2) is 7.79. The molecule has 2 rings (SSSR count). The van der Waals surface area contributed by atoms with Crippen LogP contribution in [-0.4, -0.2) is 34.5 Å². The number of benzene rings is 2. The molecule has 2 aromatic carbocycles. The van der Waals surface area contributed by atoms with Crippen LogP contribution in [0.1, 0.15) is 16.7 Å². The topological polar surface area (TPSA) is 58.6 Å². The molecule has 0 unspecified atom stereocenters. The predicted molar refractivity (Wildman–Crippen MR) is 95.6 cm³/mol. The van der Waals surface area contributed by atoms with Gasteiger partial charge in [-0.15, -0.1) is 0 Å². The first-order valence-corrected chi connectivity index (χ1v) is 9.17. The van der Waals surface area contributed by atoms with Crippen LogP contribution in [0.5, 0.6) is 5.75 Å². The van der Waals surface area contributed by atoms with Gasteiger partial charge in [-0.3, -0.25) is 0 Å². The van der Waals surface area contributed by atoms with E-state index in [4.69, 9.17) is 4.74 Å². The van der Waals surface area contributed by atoms with Crippen LogP contribution < -0.4 is 9.46 Å². The summed E-state index contributed by atoms with van der Waals surface area (Å²) in [5.74, 6) is 0.342. The van der Waals surface area contributed by atoms with Gasteiger partial charge >= 0.3 is 0 Å². The van der Waals surface area contributed by atoms with Crippen LogP contribution in [0.25, 0.3) is 0 Å². The maximum atomic E-state index is 12.6. The van der Waals surface area contributed by atoms with E-state index in [9.17, 15) is 8.42 Å². The van der Waals surface area contributed by atoms with E-state index in [1.54, 1.807) is 12.1 Å². The molecule has 0 bridgehead atoms. The van der Waals surface area contributed by atoms with Gasteiger partial charge in [-0.05, 0) is 49.8 Å². The zero-order valence-electron chi connectivity index (χ0n) is 14.5. The van der Waals surface area contributed by atoms with E-state index >= 15 is 0 Å². The minimum Gasteiger partial charge on any atom is -0.495 e. The summed E-state index contributed by atoms with van der Waals surface area (Å²) >= 11 is 0. The highest BCUT2D eigenvalue weighted by Gasteiger charge is 2.19. The Labute approximate surface area is 144 Å². The molecule has 0 amide bonds. The van der Waals surface area contributed by atoms with Gasteiger partial charge in [0.2, 0.25) is 10.0 Å². The van der Waals surface area contributed by atoms with E-state index in [0.29, 0.717) is 5.75 Å². The minimum absolute atomic E-state index is 0.161. The molecule has 0 aromatic heterocycles. The van der Waals surface area contributed by atoms with Crippen LogP contribution in [0, 0.1) is 6.92 Å². The quantitative estimate of drug-likeness (QED) is 0.835. The first-order valence-electron chi connectivity index (χ1n) is 7.68. The second-order valence-electron chi connectivity index (χ2n) is 6.03. The molecule has 6 heteroatoms.